The van der Waals surface area contributed by atoms with Gasteiger partial charge in [0.05, 0.1) is 30.2 Å². The summed E-state index contributed by atoms with van der Waals surface area (Å²) in [5, 5.41) is 11.0. The average molecular weight is 366 g/mol. The zero-order valence-electron chi connectivity index (χ0n) is 14.5. The summed E-state index contributed by atoms with van der Waals surface area (Å²) >= 11 is 0. The van der Waals surface area contributed by atoms with Gasteiger partial charge in [-0.2, -0.15) is 0 Å². The van der Waals surface area contributed by atoms with E-state index < -0.39 is 5.63 Å². The van der Waals surface area contributed by atoms with Crippen LogP contribution in [-0.2, 0) is 0 Å². The van der Waals surface area contributed by atoms with Crippen LogP contribution in [0.25, 0.3) is 21.9 Å². The van der Waals surface area contributed by atoms with Crippen molar-refractivity contribution in [2.45, 2.75) is 12.8 Å². The maximum atomic E-state index is 11.5. The molecule has 4 rings (SSSR count). The van der Waals surface area contributed by atoms with Crippen molar-refractivity contribution in [2.75, 3.05) is 13.2 Å². The predicted molar refractivity (Wildman–Crippen MR) is 101 cm³/mol. The number of rotatable bonds is 7. The minimum Gasteiger partial charge on any atom is -0.508 e. The molecule has 0 aliphatic heterocycles. The molecule has 0 aliphatic carbocycles. The summed E-state index contributed by atoms with van der Waals surface area (Å²) in [5.74, 6) is 1.47. The Bertz CT molecular complexity index is 1120. The second kappa shape index (κ2) is 7.45. The van der Waals surface area contributed by atoms with Gasteiger partial charge in [-0.3, -0.25) is 0 Å². The van der Waals surface area contributed by atoms with E-state index in [4.69, 9.17) is 18.3 Å². The SMILES string of the molecule is O=c1ccc2c(OCCCCOc3cccc(O)c3)c3ccoc3cc2o1. The Balaban J connectivity index is 1.39. The highest BCUT2D eigenvalue weighted by Crippen LogP contribution is 2.35. The van der Waals surface area contributed by atoms with E-state index in [1.165, 1.54) is 6.07 Å². The number of aromatic hydroxyl groups is 1. The Morgan fingerprint density at radius 1 is 0.889 bits per heavy atom. The highest BCUT2D eigenvalue weighted by molar-refractivity contribution is 6.01. The molecule has 0 unspecified atom stereocenters. The van der Waals surface area contributed by atoms with Crippen molar-refractivity contribution in [2.24, 2.45) is 0 Å². The van der Waals surface area contributed by atoms with Crippen molar-refractivity contribution >= 4 is 21.9 Å². The van der Waals surface area contributed by atoms with Gasteiger partial charge in [-0.25, -0.2) is 4.79 Å². The average Bonchev–Trinajstić information content (AvgIpc) is 3.11. The maximum absolute atomic E-state index is 11.5. The minimum absolute atomic E-state index is 0.183. The molecule has 0 saturated carbocycles. The van der Waals surface area contributed by atoms with Gasteiger partial charge in [0.15, 0.2) is 0 Å². The standard InChI is InChI=1S/C21H18O6/c22-14-4-3-5-15(12-14)24-9-1-2-10-26-21-16-6-7-20(23)27-19(16)13-18-17(21)8-11-25-18/h3-8,11-13,22H,1-2,9-10H2. The molecular weight excluding hydrogens is 348 g/mol. The Morgan fingerprint density at radius 2 is 1.70 bits per heavy atom. The monoisotopic (exact) mass is 366 g/mol. The van der Waals surface area contributed by atoms with Gasteiger partial charge in [0.25, 0.3) is 0 Å². The number of fused-ring (bicyclic) bond motifs is 2. The zero-order chi connectivity index (χ0) is 18.6. The quantitative estimate of drug-likeness (QED) is 0.383. The second-order valence-electron chi connectivity index (χ2n) is 6.11. The van der Waals surface area contributed by atoms with Crippen molar-refractivity contribution in [1.82, 2.24) is 0 Å². The highest BCUT2D eigenvalue weighted by Gasteiger charge is 2.13. The molecule has 0 amide bonds. The lowest BCUT2D eigenvalue weighted by Crippen LogP contribution is -2.03. The molecule has 27 heavy (non-hydrogen) atoms. The molecule has 1 N–H and O–H groups in total. The number of benzene rings is 2. The summed E-state index contributed by atoms with van der Waals surface area (Å²) in [6.45, 7) is 1.01. The topological polar surface area (TPSA) is 82.0 Å². The van der Waals surface area contributed by atoms with E-state index in [-0.39, 0.29) is 5.75 Å². The molecule has 4 aromatic rings. The van der Waals surface area contributed by atoms with Gasteiger partial charge >= 0.3 is 5.63 Å². The molecule has 0 saturated heterocycles. The van der Waals surface area contributed by atoms with Crippen LogP contribution in [0.2, 0.25) is 0 Å². The van der Waals surface area contributed by atoms with E-state index >= 15 is 0 Å². The molecule has 0 bridgehead atoms. The number of phenols is 1. The van der Waals surface area contributed by atoms with Crippen LogP contribution < -0.4 is 15.1 Å². The van der Waals surface area contributed by atoms with Gasteiger partial charge in [0.2, 0.25) is 0 Å². The molecule has 2 heterocycles. The van der Waals surface area contributed by atoms with Crippen LogP contribution in [0.4, 0.5) is 0 Å². The van der Waals surface area contributed by atoms with Gasteiger partial charge in [-0.05, 0) is 37.1 Å². The number of hydrogen-bond donors (Lipinski definition) is 1. The lowest BCUT2D eigenvalue weighted by atomic mass is 10.1. The summed E-state index contributed by atoms with van der Waals surface area (Å²) < 4.78 is 22.3. The third kappa shape index (κ3) is 3.74. The minimum atomic E-state index is -0.413. The smallest absolute Gasteiger partial charge is 0.336 e. The Kier molecular flexibility index (Phi) is 4.70. The summed E-state index contributed by atoms with van der Waals surface area (Å²) in [5.41, 5.74) is 0.634. The number of hydrogen-bond acceptors (Lipinski definition) is 6. The Morgan fingerprint density at radius 3 is 2.56 bits per heavy atom. The van der Waals surface area contributed by atoms with E-state index in [1.807, 2.05) is 6.07 Å². The molecule has 0 spiro atoms. The van der Waals surface area contributed by atoms with Crippen molar-refractivity contribution in [3.8, 4) is 17.2 Å². The Hall–Kier alpha value is -3.41. The summed E-state index contributed by atoms with van der Waals surface area (Å²) in [6.07, 6.45) is 3.16. The first kappa shape index (κ1) is 17.0. The van der Waals surface area contributed by atoms with Crippen LogP contribution in [0.5, 0.6) is 17.2 Å². The molecule has 2 aromatic carbocycles. The molecular formula is C21H18O6. The largest absolute Gasteiger partial charge is 0.508 e. The number of phenolic OH excluding ortho intramolecular Hbond substituents is 1. The van der Waals surface area contributed by atoms with Crippen LogP contribution in [0.15, 0.2) is 68.4 Å². The van der Waals surface area contributed by atoms with Crippen LogP contribution >= 0.6 is 0 Å². The summed E-state index contributed by atoms with van der Waals surface area (Å²) in [7, 11) is 0. The first-order valence-corrected chi connectivity index (χ1v) is 8.69. The van der Waals surface area contributed by atoms with Gasteiger partial charge in [-0.15, -0.1) is 0 Å². The molecule has 0 radical (unpaired) electrons. The predicted octanol–water partition coefficient (Wildman–Crippen LogP) is 4.48. The second-order valence-corrected chi connectivity index (χ2v) is 6.11. The van der Waals surface area contributed by atoms with Crippen LogP contribution in [0.3, 0.4) is 0 Å². The Labute approximate surface area is 154 Å². The van der Waals surface area contributed by atoms with E-state index in [2.05, 4.69) is 0 Å². The first-order valence-electron chi connectivity index (χ1n) is 8.69. The molecule has 0 aliphatic rings. The van der Waals surface area contributed by atoms with Crippen molar-refractivity contribution in [3.63, 3.8) is 0 Å². The number of ether oxygens (including phenoxy) is 2. The van der Waals surface area contributed by atoms with Gasteiger partial charge < -0.3 is 23.4 Å². The fraction of sp³-hybridized carbons (Fsp3) is 0.190. The van der Waals surface area contributed by atoms with Gasteiger partial charge in [-0.1, -0.05) is 6.07 Å². The van der Waals surface area contributed by atoms with E-state index in [0.717, 1.165) is 23.6 Å². The molecule has 0 atom stereocenters. The molecule has 6 heteroatoms. The van der Waals surface area contributed by atoms with Gasteiger partial charge in [0.1, 0.15) is 28.4 Å². The zero-order valence-corrected chi connectivity index (χ0v) is 14.5. The molecule has 0 fully saturated rings. The van der Waals surface area contributed by atoms with Crippen molar-refractivity contribution in [3.05, 3.63) is 65.2 Å². The molecule has 2 aromatic heterocycles. The van der Waals surface area contributed by atoms with Crippen LogP contribution in [0, 0.1) is 0 Å². The lowest BCUT2D eigenvalue weighted by molar-refractivity contribution is 0.268. The molecule has 6 nitrogen and oxygen atoms in total. The van der Waals surface area contributed by atoms with E-state index in [0.29, 0.717) is 35.9 Å². The number of unbranched alkanes of at least 4 members (excludes halogenated alkanes) is 1. The van der Waals surface area contributed by atoms with E-state index in [9.17, 15) is 9.90 Å². The number of furan rings is 1. The van der Waals surface area contributed by atoms with Crippen molar-refractivity contribution in [1.29, 1.82) is 0 Å². The van der Waals surface area contributed by atoms with Crippen LogP contribution in [0.1, 0.15) is 12.8 Å². The summed E-state index contributed by atoms with van der Waals surface area (Å²) in [4.78, 5) is 11.5. The molecule has 138 valence electrons. The highest BCUT2D eigenvalue weighted by atomic mass is 16.5. The van der Waals surface area contributed by atoms with Crippen LogP contribution in [-0.4, -0.2) is 18.3 Å². The fourth-order valence-corrected chi connectivity index (χ4v) is 2.91. The van der Waals surface area contributed by atoms with Gasteiger partial charge in [0, 0.05) is 18.2 Å². The summed E-state index contributed by atoms with van der Waals surface area (Å²) in [6, 6.07) is 13.3. The lowest BCUT2D eigenvalue weighted by Gasteiger charge is -2.10. The third-order valence-corrected chi connectivity index (χ3v) is 4.18. The van der Waals surface area contributed by atoms with E-state index in [1.54, 1.807) is 42.7 Å². The first-order chi connectivity index (χ1) is 13.2. The fourth-order valence-electron chi connectivity index (χ4n) is 2.91. The van der Waals surface area contributed by atoms with Crippen molar-refractivity contribution < 1.29 is 23.4 Å². The maximum Gasteiger partial charge on any atom is 0.336 e. The third-order valence-electron chi connectivity index (χ3n) is 4.18. The normalized spacial score (nSPS) is 11.1.